The van der Waals surface area contributed by atoms with E-state index in [-0.39, 0.29) is 17.9 Å². The Morgan fingerprint density at radius 2 is 2.12 bits per heavy atom. The second kappa shape index (κ2) is 8.37. The Hall–Kier alpha value is -3.50. The van der Waals surface area contributed by atoms with Gasteiger partial charge in [0.15, 0.2) is 0 Å². The van der Waals surface area contributed by atoms with Gasteiger partial charge in [-0.05, 0) is 48.4 Å². The number of halogens is 1. The van der Waals surface area contributed by atoms with Gasteiger partial charge < -0.3 is 30.2 Å². The summed E-state index contributed by atoms with van der Waals surface area (Å²) in [6.45, 7) is 2.84. The Morgan fingerprint density at radius 3 is 2.85 bits per heavy atom. The van der Waals surface area contributed by atoms with Crippen LogP contribution in [-0.4, -0.2) is 50.2 Å². The van der Waals surface area contributed by atoms with Crippen molar-refractivity contribution in [2.75, 3.05) is 25.0 Å². The molecule has 5 rings (SSSR count). The summed E-state index contributed by atoms with van der Waals surface area (Å²) in [7, 11) is 0. The number of hydrogen-bond donors (Lipinski definition) is 5. The molecule has 4 aromatic rings. The molecule has 174 valence electrons. The number of hydrogen-bond acceptors (Lipinski definition) is 6. The third-order valence-electron chi connectivity index (χ3n) is 6.00. The van der Waals surface area contributed by atoms with Crippen LogP contribution in [0.5, 0.6) is 0 Å². The molecule has 0 saturated carbocycles. The number of quaternary nitrogens is 1. The van der Waals surface area contributed by atoms with Crippen molar-refractivity contribution in [1.29, 1.82) is 5.41 Å². The highest BCUT2D eigenvalue weighted by atomic mass is 35.5. The van der Waals surface area contributed by atoms with E-state index in [0.717, 1.165) is 5.56 Å². The molecule has 0 aliphatic carbocycles. The number of nitrogens with zero attached hydrogens (tertiary/aromatic N) is 2. The number of imidazole rings is 1. The molecule has 2 aromatic carbocycles. The Balaban J connectivity index is 1.48. The maximum absolute atomic E-state index is 12.8. The van der Waals surface area contributed by atoms with Gasteiger partial charge in [-0.15, -0.1) is 0 Å². The van der Waals surface area contributed by atoms with Gasteiger partial charge in [-0.3, -0.25) is 4.79 Å². The fourth-order valence-corrected chi connectivity index (χ4v) is 4.19. The number of nitrogens with one attached hydrogen (secondary N) is 4. The van der Waals surface area contributed by atoms with Crippen molar-refractivity contribution in [3.05, 3.63) is 85.9 Å². The summed E-state index contributed by atoms with van der Waals surface area (Å²) in [5.41, 5.74) is 3.74. The van der Waals surface area contributed by atoms with E-state index < -0.39 is 10.8 Å². The highest BCUT2D eigenvalue weighted by Gasteiger charge is 2.39. The summed E-state index contributed by atoms with van der Waals surface area (Å²) in [6, 6.07) is 12.2. The number of aliphatic hydroxyl groups is 1. The average Bonchev–Trinajstić information content (AvgIpc) is 3.42. The molecule has 1 aliphatic heterocycles. The van der Waals surface area contributed by atoms with Crippen LogP contribution in [-0.2, 0) is 0 Å². The van der Waals surface area contributed by atoms with Crippen LogP contribution in [0.4, 0.5) is 5.69 Å². The molecule has 0 bridgehead atoms. The first-order valence-corrected chi connectivity index (χ1v) is 11.2. The number of amidine groups is 1. The largest absolute Gasteiger partial charge is 0.626 e. The van der Waals surface area contributed by atoms with Gasteiger partial charge in [0.25, 0.3) is 5.56 Å². The van der Waals surface area contributed by atoms with Gasteiger partial charge in [0, 0.05) is 17.8 Å². The van der Waals surface area contributed by atoms with Crippen molar-refractivity contribution in [3.63, 3.8) is 0 Å². The van der Waals surface area contributed by atoms with E-state index in [0.29, 0.717) is 57.3 Å². The van der Waals surface area contributed by atoms with Crippen molar-refractivity contribution in [3.8, 4) is 11.4 Å². The molecule has 0 radical (unpaired) electrons. The summed E-state index contributed by atoms with van der Waals surface area (Å²) in [6.07, 6.45) is 0.686. The number of aryl methyl sites for hydroxylation is 1. The van der Waals surface area contributed by atoms with Crippen LogP contribution in [0.3, 0.4) is 0 Å². The first-order chi connectivity index (χ1) is 16.2. The van der Waals surface area contributed by atoms with Crippen molar-refractivity contribution < 1.29 is 9.75 Å². The van der Waals surface area contributed by atoms with Crippen LogP contribution < -0.4 is 10.9 Å². The number of pyridine rings is 1. The molecule has 3 heterocycles. The standard InChI is InChI=1S/C24H23ClN6O3/c1-13-9-15(22(26)31(34)7-8-31)11-18-21(13)30-23(29-18)20-17(5-6-27-24(20)33)28-12-19(32)14-3-2-4-16(25)10-14/h2-6,9-11,19,26,32H,7-8,12H2,1H3,(H,29,30)(H2,27,28,33). The Labute approximate surface area is 199 Å². The number of hydroxylamine groups is 3. The second-order valence-corrected chi connectivity index (χ2v) is 8.94. The number of fused-ring (bicyclic) bond motifs is 1. The minimum atomic E-state index is -0.836. The van der Waals surface area contributed by atoms with E-state index in [1.807, 2.05) is 6.92 Å². The molecule has 9 nitrogen and oxygen atoms in total. The van der Waals surface area contributed by atoms with Crippen LogP contribution >= 0.6 is 11.6 Å². The van der Waals surface area contributed by atoms with E-state index >= 15 is 0 Å². The van der Waals surface area contributed by atoms with Crippen LogP contribution in [0.15, 0.2) is 53.5 Å². The maximum atomic E-state index is 12.8. The molecule has 1 saturated heterocycles. The van der Waals surface area contributed by atoms with Crippen molar-refractivity contribution in [2.24, 2.45) is 0 Å². The third kappa shape index (κ3) is 4.10. The molecular formula is C24H23ClN6O3. The topological polar surface area (TPSA) is 141 Å². The van der Waals surface area contributed by atoms with Crippen LogP contribution in [0.25, 0.3) is 22.4 Å². The zero-order valence-corrected chi connectivity index (χ0v) is 19.1. The highest BCUT2D eigenvalue weighted by Crippen LogP contribution is 2.30. The first-order valence-electron chi connectivity index (χ1n) is 10.8. The third-order valence-corrected chi connectivity index (χ3v) is 6.24. The van der Waals surface area contributed by atoms with Crippen molar-refractivity contribution in [1.82, 2.24) is 15.0 Å². The fourth-order valence-electron chi connectivity index (χ4n) is 3.99. The minimum Gasteiger partial charge on any atom is -0.626 e. The summed E-state index contributed by atoms with van der Waals surface area (Å²) in [5, 5.41) is 34.8. The van der Waals surface area contributed by atoms with E-state index in [9.17, 15) is 15.1 Å². The van der Waals surface area contributed by atoms with Gasteiger partial charge in [-0.2, -0.15) is 0 Å². The Bertz CT molecular complexity index is 1470. The number of benzene rings is 2. The van der Waals surface area contributed by atoms with Gasteiger partial charge >= 0.3 is 0 Å². The SMILES string of the molecule is Cc1cc(C(=N)[N+]2([O-])CC2)cc2[nH]c(-c3c(NCC(O)c4cccc(Cl)c4)cc[nH]c3=O)nc12. The summed E-state index contributed by atoms with van der Waals surface area (Å²) < 4.78 is -0.618. The van der Waals surface area contributed by atoms with Crippen molar-refractivity contribution >= 4 is 34.2 Å². The quantitative estimate of drug-likeness (QED) is 0.0944. The smallest absolute Gasteiger partial charge is 0.261 e. The van der Waals surface area contributed by atoms with Gasteiger partial charge in [0.1, 0.15) is 24.5 Å². The lowest BCUT2D eigenvalue weighted by atomic mass is 10.1. The van der Waals surface area contributed by atoms with Crippen LogP contribution in [0.1, 0.15) is 22.8 Å². The van der Waals surface area contributed by atoms with E-state index in [1.165, 1.54) is 6.20 Å². The molecule has 2 aromatic heterocycles. The lowest BCUT2D eigenvalue weighted by Crippen LogP contribution is -2.26. The zero-order valence-electron chi connectivity index (χ0n) is 18.4. The molecule has 34 heavy (non-hydrogen) atoms. The lowest BCUT2D eigenvalue weighted by Gasteiger charge is -2.21. The van der Waals surface area contributed by atoms with E-state index in [4.69, 9.17) is 17.0 Å². The summed E-state index contributed by atoms with van der Waals surface area (Å²) >= 11 is 6.02. The number of aliphatic hydroxyl groups excluding tert-OH is 1. The molecular weight excluding hydrogens is 456 g/mol. The minimum absolute atomic E-state index is 0.0241. The highest BCUT2D eigenvalue weighted by molar-refractivity contribution is 6.30. The molecule has 1 unspecified atom stereocenters. The summed E-state index contributed by atoms with van der Waals surface area (Å²) in [4.78, 5) is 23.2. The van der Waals surface area contributed by atoms with Crippen molar-refractivity contribution in [2.45, 2.75) is 13.0 Å². The molecule has 5 N–H and O–H groups in total. The molecule has 1 aliphatic rings. The average molecular weight is 479 g/mol. The van der Waals surface area contributed by atoms with E-state index in [1.54, 1.807) is 42.5 Å². The molecule has 0 spiro atoms. The molecule has 1 atom stereocenters. The predicted octanol–water partition coefficient (Wildman–Crippen LogP) is 3.68. The number of H-pyrrole nitrogens is 2. The first kappa shape index (κ1) is 22.3. The normalized spacial score (nSPS) is 15.3. The Morgan fingerprint density at radius 1 is 1.32 bits per heavy atom. The van der Waals surface area contributed by atoms with Gasteiger partial charge in [-0.1, -0.05) is 23.7 Å². The van der Waals surface area contributed by atoms with E-state index in [2.05, 4.69) is 20.3 Å². The lowest BCUT2D eigenvalue weighted by molar-refractivity contribution is -0.638. The zero-order chi connectivity index (χ0) is 24.0. The van der Waals surface area contributed by atoms with Crippen LogP contribution in [0, 0.1) is 17.5 Å². The second-order valence-electron chi connectivity index (χ2n) is 8.51. The number of aromatic amines is 2. The predicted molar refractivity (Wildman–Crippen MR) is 132 cm³/mol. The Kier molecular flexibility index (Phi) is 5.49. The summed E-state index contributed by atoms with van der Waals surface area (Å²) in [5.74, 6) is 0.372. The van der Waals surface area contributed by atoms with Gasteiger partial charge in [0.2, 0.25) is 5.84 Å². The number of anilines is 1. The molecule has 10 heteroatoms. The number of rotatable bonds is 6. The van der Waals surface area contributed by atoms with Gasteiger partial charge in [0.05, 0.1) is 28.4 Å². The molecule has 0 amide bonds. The van der Waals surface area contributed by atoms with Crippen LogP contribution in [0.2, 0.25) is 5.02 Å². The fraction of sp³-hybridized carbons (Fsp3) is 0.208. The van der Waals surface area contributed by atoms with Gasteiger partial charge in [-0.25, -0.2) is 10.4 Å². The number of aromatic nitrogens is 3. The monoisotopic (exact) mass is 478 g/mol. The maximum Gasteiger partial charge on any atom is 0.261 e. The molecule has 1 fully saturated rings.